The number of halogens is 1. The summed E-state index contributed by atoms with van der Waals surface area (Å²) < 4.78 is 7.69. The molecule has 0 aromatic rings. The zero-order valence-corrected chi connectivity index (χ0v) is 27.2. The van der Waals surface area contributed by atoms with E-state index in [2.05, 4.69) is 50.8 Å². The molecule has 0 amide bonds. The third-order valence-corrected chi connectivity index (χ3v) is 14.0. The minimum atomic E-state index is -0.0712. The van der Waals surface area contributed by atoms with Gasteiger partial charge in [-0.1, -0.05) is 0 Å². The fourth-order valence-electron chi connectivity index (χ4n) is 4.88. The molecule has 0 heterocycles. The standard InChI is InChI=1S/C28H52IO3P2/c1-8-12-23(32-28(31)24(11-4)21(7)29-17-19(5)9-2)15-16-34-18-22(10-3)20(6)25-13-14-26(30)27(25)33/h11,19-23,25,27,34H,8-10,12-18,33H2,1-7H3/q-1/b24-11+/t19-,20+,21?,22-,23?,25?,27?/m0/s1. The van der Waals surface area contributed by atoms with Gasteiger partial charge in [0.25, 0.3) is 0 Å². The zero-order valence-electron chi connectivity index (χ0n) is 22.9. The Morgan fingerprint density at radius 1 is 1.21 bits per heavy atom. The third kappa shape index (κ3) is 10.8. The van der Waals surface area contributed by atoms with E-state index in [-0.39, 0.29) is 38.9 Å². The van der Waals surface area contributed by atoms with Gasteiger partial charge in [0.2, 0.25) is 0 Å². The van der Waals surface area contributed by atoms with Crippen LogP contribution in [0.2, 0.25) is 0 Å². The molecule has 9 atom stereocenters. The Morgan fingerprint density at radius 3 is 2.44 bits per heavy atom. The maximum absolute atomic E-state index is 13.0. The first-order chi connectivity index (χ1) is 16.2. The van der Waals surface area contributed by atoms with E-state index < -0.39 is 0 Å². The maximum atomic E-state index is 13.0. The van der Waals surface area contributed by atoms with Crippen LogP contribution in [-0.2, 0) is 14.3 Å². The second-order valence-electron chi connectivity index (χ2n) is 10.2. The van der Waals surface area contributed by atoms with Gasteiger partial charge in [-0.2, -0.15) is 0 Å². The molecule has 1 saturated carbocycles. The van der Waals surface area contributed by atoms with Crippen molar-refractivity contribution in [1.82, 2.24) is 0 Å². The molecule has 1 rings (SSSR count). The molecule has 0 aromatic carbocycles. The van der Waals surface area contributed by atoms with Gasteiger partial charge in [0.15, 0.2) is 0 Å². The monoisotopic (exact) mass is 625 g/mol. The number of ketones is 1. The zero-order chi connectivity index (χ0) is 25.7. The van der Waals surface area contributed by atoms with Crippen LogP contribution in [0.25, 0.3) is 0 Å². The Hall–Kier alpha value is 0.470. The van der Waals surface area contributed by atoms with Crippen LogP contribution in [0.3, 0.4) is 0 Å². The van der Waals surface area contributed by atoms with Crippen molar-refractivity contribution in [3.63, 3.8) is 0 Å². The van der Waals surface area contributed by atoms with Gasteiger partial charge in [-0.3, -0.25) is 4.79 Å². The molecule has 200 valence electrons. The molecule has 6 heteroatoms. The van der Waals surface area contributed by atoms with Gasteiger partial charge in [0, 0.05) is 12.1 Å². The number of hydrogen-bond donors (Lipinski definition) is 0. The summed E-state index contributed by atoms with van der Waals surface area (Å²) in [7, 11) is 3.72. The first-order valence-electron chi connectivity index (χ1n) is 13.6. The van der Waals surface area contributed by atoms with Crippen LogP contribution in [0.4, 0.5) is 0 Å². The van der Waals surface area contributed by atoms with Gasteiger partial charge >= 0.3 is 188 Å². The molecule has 0 bridgehead atoms. The average Bonchev–Trinajstić information content (AvgIpc) is 3.15. The predicted octanol–water partition coefficient (Wildman–Crippen LogP) is 4.12. The summed E-state index contributed by atoms with van der Waals surface area (Å²) in [5, 5.41) is 0. The molecule has 0 spiro atoms. The number of carbonyl (C=O) groups is 2. The van der Waals surface area contributed by atoms with Gasteiger partial charge in [0.05, 0.1) is 0 Å². The molecular weight excluding hydrogens is 573 g/mol. The van der Waals surface area contributed by atoms with E-state index >= 15 is 0 Å². The van der Waals surface area contributed by atoms with Gasteiger partial charge in [-0.05, 0) is 6.42 Å². The average molecular weight is 626 g/mol. The van der Waals surface area contributed by atoms with Crippen LogP contribution in [0.1, 0.15) is 93.4 Å². The molecular formula is C28H52IO3P2-. The summed E-state index contributed by atoms with van der Waals surface area (Å²) in [6.45, 7) is 15.6. The fraction of sp³-hybridized carbons (Fsp3) is 0.857. The van der Waals surface area contributed by atoms with Crippen LogP contribution in [0.5, 0.6) is 0 Å². The number of carbonyl (C=O) groups excluding carboxylic acids is 2. The fourth-order valence-corrected chi connectivity index (χ4v) is 10.7. The van der Waals surface area contributed by atoms with Crippen molar-refractivity contribution < 1.29 is 35.5 Å². The molecule has 0 aromatic heterocycles. The Bertz CT molecular complexity index is 639. The second-order valence-corrected chi connectivity index (χ2v) is 16.0. The SMILES string of the molecule is C/C=C(/C(=O)OC(CCC)CCPC[C@H](CC)[C@@H](C)C1CCC(=O)C1P)C(C)[I-]C[C@@H](C)CC. The van der Waals surface area contributed by atoms with Crippen LogP contribution in [-0.4, -0.2) is 44.2 Å². The van der Waals surface area contributed by atoms with Crippen molar-refractivity contribution in [3.05, 3.63) is 11.6 Å². The van der Waals surface area contributed by atoms with Crippen molar-refractivity contribution in [2.75, 3.05) is 16.8 Å². The van der Waals surface area contributed by atoms with E-state index in [0.717, 1.165) is 58.3 Å². The van der Waals surface area contributed by atoms with Crippen molar-refractivity contribution in [2.24, 2.45) is 23.7 Å². The summed E-state index contributed by atoms with van der Waals surface area (Å²) in [6.07, 6.45) is 11.6. The van der Waals surface area contributed by atoms with E-state index in [9.17, 15) is 9.59 Å². The normalized spacial score (nSPS) is 23.9. The molecule has 1 fully saturated rings. The summed E-state index contributed by atoms with van der Waals surface area (Å²) in [5.41, 5.74) is 1.06. The molecule has 1 aliphatic rings. The molecule has 3 nitrogen and oxygen atoms in total. The molecule has 0 radical (unpaired) electrons. The first-order valence-corrected chi connectivity index (χ1v) is 18.5. The number of ether oxygens (including phenoxy) is 1. The van der Waals surface area contributed by atoms with Crippen molar-refractivity contribution in [3.8, 4) is 0 Å². The number of rotatable bonds is 17. The molecule has 0 saturated heterocycles. The molecule has 34 heavy (non-hydrogen) atoms. The first kappa shape index (κ1) is 32.5. The quantitative estimate of drug-likeness (QED) is 0.0611. The van der Waals surface area contributed by atoms with Crippen molar-refractivity contribution in [2.45, 2.75) is 109 Å². The van der Waals surface area contributed by atoms with Crippen LogP contribution >= 0.6 is 17.8 Å². The summed E-state index contributed by atoms with van der Waals surface area (Å²) in [4.78, 5) is 25.0. The van der Waals surface area contributed by atoms with E-state index in [4.69, 9.17) is 4.74 Å². The number of hydrogen-bond acceptors (Lipinski definition) is 3. The predicted molar refractivity (Wildman–Crippen MR) is 149 cm³/mol. The number of alkyl halides is 2. The van der Waals surface area contributed by atoms with E-state index in [0.29, 0.717) is 27.5 Å². The van der Waals surface area contributed by atoms with Gasteiger partial charge < -0.3 is 0 Å². The van der Waals surface area contributed by atoms with E-state index in [1.807, 2.05) is 13.0 Å². The van der Waals surface area contributed by atoms with E-state index in [1.165, 1.54) is 23.4 Å². The third-order valence-electron chi connectivity index (χ3n) is 7.69. The Labute approximate surface area is 225 Å². The van der Waals surface area contributed by atoms with Crippen LogP contribution in [0.15, 0.2) is 11.6 Å². The van der Waals surface area contributed by atoms with Crippen LogP contribution < -0.4 is 21.2 Å². The van der Waals surface area contributed by atoms with Crippen molar-refractivity contribution >= 4 is 29.6 Å². The number of esters is 1. The Morgan fingerprint density at radius 2 is 1.91 bits per heavy atom. The minimum absolute atomic E-state index is 0.0303. The van der Waals surface area contributed by atoms with Crippen LogP contribution in [0, 0.1) is 23.7 Å². The summed E-state index contributed by atoms with van der Waals surface area (Å²) >= 11 is -0.0303. The Kier molecular flexibility index (Phi) is 17.1. The molecule has 6 unspecified atom stereocenters. The van der Waals surface area contributed by atoms with E-state index in [1.54, 1.807) is 0 Å². The van der Waals surface area contributed by atoms with Crippen molar-refractivity contribution in [1.29, 1.82) is 0 Å². The van der Waals surface area contributed by atoms with Gasteiger partial charge in [-0.15, -0.1) is 9.24 Å². The topological polar surface area (TPSA) is 43.4 Å². The van der Waals surface area contributed by atoms with Gasteiger partial charge in [0.1, 0.15) is 5.78 Å². The molecule has 0 aliphatic heterocycles. The summed E-state index contributed by atoms with van der Waals surface area (Å²) in [6, 6.07) is 0. The summed E-state index contributed by atoms with van der Waals surface area (Å²) in [5.74, 6) is 2.94. The Balaban J connectivity index is 2.53. The van der Waals surface area contributed by atoms with Gasteiger partial charge in [-0.25, -0.2) is 0 Å². The second kappa shape index (κ2) is 17.8. The number of Topliss-reactive ketones (excluding diaryl/α,β-unsaturated/α-hetero) is 1. The molecule has 0 N–H and O–H groups in total. The number of allylic oxidation sites excluding steroid dienone is 1. The molecule has 1 aliphatic carbocycles.